The SMILES string of the molecule is Cc1ccccc1C(CN)Nc1cc(F)ccc1Cl. The minimum atomic E-state index is -0.326. The molecule has 0 spiro atoms. The molecule has 0 radical (unpaired) electrons. The second-order valence-corrected chi connectivity index (χ2v) is 4.82. The highest BCUT2D eigenvalue weighted by atomic mass is 35.5. The monoisotopic (exact) mass is 278 g/mol. The highest BCUT2D eigenvalue weighted by molar-refractivity contribution is 6.33. The molecule has 0 fully saturated rings. The molecule has 2 aromatic rings. The summed E-state index contributed by atoms with van der Waals surface area (Å²) in [5.74, 6) is -0.326. The van der Waals surface area contributed by atoms with E-state index in [-0.39, 0.29) is 11.9 Å². The van der Waals surface area contributed by atoms with Crippen LogP contribution < -0.4 is 11.1 Å². The van der Waals surface area contributed by atoms with E-state index >= 15 is 0 Å². The van der Waals surface area contributed by atoms with E-state index < -0.39 is 0 Å². The van der Waals surface area contributed by atoms with Gasteiger partial charge in [-0.1, -0.05) is 35.9 Å². The van der Waals surface area contributed by atoms with Crippen LogP contribution in [-0.4, -0.2) is 6.54 Å². The van der Waals surface area contributed by atoms with E-state index in [2.05, 4.69) is 5.32 Å². The van der Waals surface area contributed by atoms with Crippen molar-refractivity contribution in [3.8, 4) is 0 Å². The quantitative estimate of drug-likeness (QED) is 0.890. The molecule has 2 nitrogen and oxygen atoms in total. The van der Waals surface area contributed by atoms with Gasteiger partial charge in [-0.15, -0.1) is 0 Å². The number of nitrogens with one attached hydrogen (secondary N) is 1. The third-order valence-corrected chi connectivity index (χ3v) is 3.39. The number of nitrogens with two attached hydrogens (primary N) is 1. The maximum absolute atomic E-state index is 13.3. The second kappa shape index (κ2) is 6.04. The molecule has 100 valence electrons. The van der Waals surface area contributed by atoms with Crippen molar-refractivity contribution in [2.45, 2.75) is 13.0 Å². The largest absolute Gasteiger partial charge is 0.376 e. The molecule has 0 saturated heterocycles. The Morgan fingerprint density at radius 1 is 1.26 bits per heavy atom. The van der Waals surface area contributed by atoms with Crippen molar-refractivity contribution in [2.24, 2.45) is 5.73 Å². The zero-order valence-corrected chi connectivity index (χ0v) is 11.4. The summed E-state index contributed by atoms with van der Waals surface area (Å²) >= 11 is 6.05. The lowest BCUT2D eigenvalue weighted by atomic mass is 10.0. The van der Waals surface area contributed by atoms with Gasteiger partial charge in [-0.2, -0.15) is 0 Å². The number of halogens is 2. The van der Waals surface area contributed by atoms with Crippen LogP contribution in [0.2, 0.25) is 5.02 Å². The second-order valence-electron chi connectivity index (χ2n) is 4.41. The van der Waals surface area contributed by atoms with Gasteiger partial charge in [0.25, 0.3) is 0 Å². The smallest absolute Gasteiger partial charge is 0.125 e. The first-order chi connectivity index (χ1) is 9.11. The van der Waals surface area contributed by atoms with Crippen LogP contribution in [0.3, 0.4) is 0 Å². The fourth-order valence-corrected chi connectivity index (χ4v) is 2.21. The maximum atomic E-state index is 13.3. The maximum Gasteiger partial charge on any atom is 0.125 e. The van der Waals surface area contributed by atoms with Gasteiger partial charge in [0, 0.05) is 6.54 Å². The van der Waals surface area contributed by atoms with Gasteiger partial charge >= 0.3 is 0 Å². The zero-order valence-electron chi connectivity index (χ0n) is 10.7. The Morgan fingerprint density at radius 2 is 2.00 bits per heavy atom. The molecule has 4 heteroatoms. The molecule has 0 aliphatic heterocycles. The molecule has 0 aliphatic rings. The predicted octanol–water partition coefficient (Wildman–Crippen LogP) is 3.90. The molecule has 2 aromatic carbocycles. The van der Waals surface area contributed by atoms with Crippen LogP contribution in [0.25, 0.3) is 0 Å². The van der Waals surface area contributed by atoms with Gasteiger partial charge in [-0.3, -0.25) is 0 Å². The fourth-order valence-electron chi connectivity index (χ4n) is 2.04. The normalized spacial score (nSPS) is 12.2. The molecule has 0 heterocycles. The van der Waals surface area contributed by atoms with Crippen molar-refractivity contribution >= 4 is 17.3 Å². The topological polar surface area (TPSA) is 38.0 Å². The summed E-state index contributed by atoms with van der Waals surface area (Å²) in [6.45, 7) is 2.42. The third kappa shape index (κ3) is 3.25. The highest BCUT2D eigenvalue weighted by Gasteiger charge is 2.13. The Bertz CT molecular complexity index is 572. The lowest BCUT2D eigenvalue weighted by molar-refractivity contribution is 0.627. The summed E-state index contributed by atoms with van der Waals surface area (Å²) in [6, 6.07) is 12.1. The summed E-state index contributed by atoms with van der Waals surface area (Å²) in [5.41, 5.74) is 8.59. The minimum absolute atomic E-state index is 0.0968. The molecule has 0 bridgehead atoms. The first kappa shape index (κ1) is 13.8. The van der Waals surface area contributed by atoms with Gasteiger partial charge in [0.2, 0.25) is 0 Å². The fraction of sp³-hybridized carbons (Fsp3) is 0.200. The van der Waals surface area contributed by atoms with Crippen LogP contribution in [0.5, 0.6) is 0 Å². The number of benzene rings is 2. The first-order valence-corrected chi connectivity index (χ1v) is 6.47. The Balaban J connectivity index is 2.29. The van der Waals surface area contributed by atoms with E-state index in [0.29, 0.717) is 17.3 Å². The summed E-state index contributed by atoms with van der Waals surface area (Å²) in [5, 5.41) is 3.68. The summed E-state index contributed by atoms with van der Waals surface area (Å²) in [6.07, 6.45) is 0. The van der Waals surface area contributed by atoms with Crippen LogP contribution in [0.4, 0.5) is 10.1 Å². The van der Waals surface area contributed by atoms with Crippen LogP contribution in [0, 0.1) is 12.7 Å². The third-order valence-electron chi connectivity index (χ3n) is 3.06. The summed E-state index contributed by atoms with van der Waals surface area (Å²) in [4.78, 5) is 0. The molecule has 0 aliphatic carbocycles. The molecule has 1 atom stereocenters. The van der Waals surface area contributed by atoms with Crippen molar-refractivity contribution in [2.75, 3.05) is 11.9 Å². The molecular weight excluding hydrogens is 263 g/mol. The lowest BCUT2D eigenvalue weighted by Crippen LogP contribution is -2.21. The van der Waals surface area contributed by atoms with E-state index in [4.69, 9.17) is 17.3 Å². The van der Waals surface area contributed by atoms with Crippen molar-refractivity contribution in [1.29, 1.82) is 0 Å². The van der Waals surface area contributed by atoms with Gasteiger partial charge < -0.3 is 11.1 Å². The number of hydrogen-bond donors (Lipinski definition) is 2. The van der Waals surface area contributed by atoms with Crippen molar-refractivity contribution in [1.82, 2.24) is 0 Å². The van der Waals surface area contributed by atoms with Crippen LogP contribution in [0.1, 0.15) is 17.2 Å². The Hall–Kier alpha value is -1.58. The van der Waals surface area contributed by atoms with E-state index in [1.165, 1.54) is 18.2 Å². The molecule has 0 amide bonds. The number of anilines is 1. The Morgan fingerprint density at radius 3 is 2.68 bits per heavy atom. The first-order valence-electron chi connectivity index (χ1n) is 6.09. The molecule has 3 N–H and O–H groups in total. The van der Waals surface area contributed by atoms with Gasteiger partial charge in [-0.25, -0.2) is 4.39 Å². The molecule has 2 rings (SSSR count). The van der Waals surface area contributed by atoms with Crippen LogP contribution in [-0.2, 0) is 0 Å². The summed E-state index contributed by atoms with van der Waals surface area (Å²) < 4.78 is 13.3. The van der Waals surface area contributed by atoms with Crippen LogP contribution >= 0.6 is 11.6 Å². The lowest BCUT2D eigenvalue weighted by Gasteiger charge is -2.21. The number of aryl methyl sites for hydroxylation is 1. The van der Waals surface area contributed by atoms with Gasteiger partial charge in [0.05, 0.1) is 16.8 Å². The number of rotatable bonds is 4. The average Bonchev–Trinajstić information content (AvgIpc) is 2.41. The molecule has 0 saturated carbocycles. The van der Waals surface area contributed by atoms with Crippen LogP contribution in [0.15, 0.2) is 42.5 Å². The van der Waals surface area contributed by atoms with Crippen molar-refractivity contribution < 1.29 is 4.39 Å². The van der Waals surface area contributed by atoms with Gasteiger partial charge in [-0.05, 0) is 36.2 Å². The van der Waals surface area contributed by atoms with E-state index in [9.17, 15) is 4.39 Å². The van der Waals surface area contributed by atoms with E-state index in [1.807, 2.05) is 31.2 Å². The number of hydrogen-bond acceptors (Lipinski definition) is 2. The highest BCUT2D eigenvalue weighted by Crippen LogP contribution is 2.27. The minimum Gasteiger partial charge on any atom is -0.376 e. The summed E-state index contributed by atoms with van der Waals surface area (Å²) in [7, 11) is 0. The molecular formula is C15H16ClFN2. The van der Waals surface area contributed by atoms with Gasteiger partial charge in [0.1, 0.15) is 5.82 Å². The van der Waals surface area contributed by atoms with Crippen molar-refractivity contribution in [3.05, 3.63) is 64.4 Å². The van der Waals surface area contributed by atoms with E-state index in [1.54, 1.807) is 0 Å². The molecule has 19 heavy (non-hydrogen) atoms. The van der Waals surface area contributed by atoms with Gasteiger partial charge in [0.15, 0.2) is 0 Å². The molecule has 1 unspecified atom stereocenters. The van der Waals surface area contributed by atoms with Crippen molar-refractivity contribution in [3.63, 3.8) is 0 Å². The standard InChI is InChI=1S/C15H16ClFN2/c1-10-4-2-3-5-12(10)15(9-18)19-14-8-11(17)6-7-13(14)16/h2-8,15,19H,9,18H2,1H3. The predicted molar refractivity (Wildman–Crippen MR) is 78.0 cm³/mol. The molecule has 0 aromatic heterocycles. The average molecular weight is 279 g/mol. The van der Waals surface area contributed by atoms with E-state index in [0.717, 1.165) is 11.1 Å². The Labute approximate surface area is 117 Å². The Kier molecular flexibility index (Phi) is 4.40. The zero-order chi connectivity index (χ0) is 13.8.